The van der Waals surface area contributed by atoms with Gasteiger partial charge in [0.1, 0.15) is 0 Å². The van der Waals surface area contributed by atoms with Crippen LogP contribution in [0.2, 0.25) is 0 Å². The van der Waals surface area contributed by atoms with Crippen LogP contribution in [0.4, 0.5) is 0 Å². The molecular formula is C9H17NO3. The monoisotopic (exact) mass is 187 g/mol. The van der Waals surface area contributed by atoms with Gasteiger partial charge in [-0.3, -0.25) is 4.90 Å². The molecule has 0 aliphatic carbocycles. The van der Waals surface area contributed by atoms with E-state index in [2.05, 4.69) is 6.92 Å². The van der Waals surface area contributed by atoms with Crippen LogP contribution in [-0.2, 0) is 4.79 Å². The molecule has 0 amide bonds. The third-order valence-electron chi connectivity index (χ3n) is 2.60. The van der Waals surface area contributed by atoms with Gasteiger partial charge >= 0.3 is 5.97 Å². The smallest absolute Gasteiger partial charge is 0.351 e. The summed E-state index contributed by atoms with van der Waals surface area (Å²) >= 11 is 0. The van der Waals surface area contributed by atoms with Crippen LogP contribution >= 0.6 is 0 Å². The number of carbonyl (C=O) groups is 1. The van der Waals surface area contributed by atoms with Crippen molar-refractivity contribution in [2.75, 3.05) is 13.1 Å². The summed E-state index contributed by atoms with van der Waals surface area (Å²) in [5.41, 5.74) is -1.59. The first-order valence-corrected chi connectivity index (χ1v) is 4.82. The third kappa shape index (κ3) is 2.00. The molecule has 4 heteroatoms. The van der Waals surface area contributed by atoms with E-state index in [4.69, 9.17) is 5.11 Å². The van der Waals surface area contributed by atoms with Gasteiger partial charge in [-0.1, -0.05) is 13.3 Å². The number of likely N-dealkylation sites (tertiary alicyclic amines) is 1. The van der Waals surface area contributed by atoms with Crippen molar-refractivity contribution in [2.24, 2.45) is 0 Å². The van der Waals surface area contributed by atoms with Crippen molar-refractivity contribution >= 4 is 5.97 Å². The second-order valence-corrected chi connectivity index (χ2v) is 3.57. The van der Waals surface area contributed by atoms with E-state index in [9.17, 15) is 9.90 Å². The lowest BCUT2D eigenvalue weighted by molar-refractivity contribution is -0.176. The van der Waals surface area contributed by atoms with Gasteiger partial charge < -0.3 is 10.2 Å². The average molecular weight is 187 g/mol. The molecule has 13 heavy (non-hydrogen) atoms. The van der Waals surface area contributed by atoms with Crippen LogP contribution in [0.15, 0.2) is 0 Å². The zero-order valence-corrected chi connectivity index (χ0v) is 7.99. The summed E-state index contributed by atoms with van der Waals surface area (Å²) in [4.78, 5) is 12.5. The standard InChI is InChI=1S/C9H17NO3/c1-2-3-6-10-7-4-5-9(10,13)8(11)12/h13H,2-7H2,1H3,(H,11,12). The summed E-state index contributed by atoms with van der Waals surface area (Å²) in [6.07, 6.45) is 3.08. The zero-order chi connectivity index (χ0) is 9.90. The summed E-state index contributed by atoms with van der Waals surface area (Å²) < 4.78 is 0. The van der Waals surface area contributed by atoms with Crippen LogP contribution in [0, 0.1) is 0 Å². The van der Waals surface area contributed by atoms with Gasteiger partial charge in [-0.2, -0.15) is 0 Å². The molecule has 76 valence electrons. The van der Waals surface area contributed by atoms with Crippen LogP contribution in [0.1, 0.15) is 32.6 Å². The molecular weight excluding hydrogens is 170 g/mol. The number of unbranched alkanes of at least 4 members (excludes halogenated alkanes) is 1. The van der Waals surface area contributed by atoms with Crippen LogP contribution in [0.25, 0.3) is 0 Å². The van der Waals surface area contributed by atoms with E-state index in [0.29, 0.717) is 19.5 Å². The first-order chi connectivity index (χ1) is 6.11. The number of aliphatic hydroxyl groups is 1. The molecule has 0 spiro atoms. The van der Waals surface area contributed by atoms with Crippen molar-refractivity contribution in [1.29, 1.82) is 0 Å². The van der Waals surface area contributed by atoms with Crippen LogP contribution in [-0.4, -0.2) is 39.9 Å². The van der Waals surface area contributed by atoms with E-state index in [1.165, 1.54) is 0 Å². The normalized spacial score (nSPS) is 29.4. The van der Waals surface area contributed by atoms with Gasteiger partial charge in [-0.15, -0.1) is 0 Å². The highest BCUT2D eigenvalue weighted by atomic mass is 16.4. The van der Waals surface area contributed by atoms with Gasteiger partial charge in [0.2, 0.25) is 5.72 Å². The minimum Gasteiger partial charge on any atom is -0.478 e. The highest BCUT2D eigenvalue weighted by Gasteiger charge is 2.45. The Bertz CT molecular complexity index is 195. The SMILES string of the molecule is CCCCN1CCCC1(O)C(=O)O. The second kappa shape index (κ2) is 4.07. The fraction of sp³-hybridized carbons (Fsp3) is 0.889. The van der Waals surface area contributed by atoms with Crippen molar-refractivity contribution in [3.05, 3.63) is 0 Å². The fourth-order valence-electron chi connectivity index (χ4n) is 1.75. The van der Waals surface area contributed by atoms with Gasteiger partial charge in [0, 0.05) is 19.5 Å². The van der Waals surface area contributed by atoms with E-state index >= 15 is 0 Å². The van der Waals surface area contributed by atoms with Crippen LogP contribution in [0.5, 0.6) is 0 Å². The molecule has 1 aliphatic rings. The Morgan fingerprint density at radius 3 is 2.85 bits per heavy atom. The Kier molecular flexibility index (Phi) is 3.27. The molecule has 4 nitrogen and oxygen atoms in total. The van der Waals surface area contributed by atoms with Gasteiger partial charge in [-0.25, -0.2) is 4.79 Å². The van der Waals surface area contributed by atoms with Crippen LogP contribution < -0.4 is 0 Å². The lowest BCUT2D eigenvalue weighted by atomic mass is 10.1. The number of rotatable bonds is 4. The highest BCUT2D eigenvalue weighted by molar-refractivity contribution is 5.76. The topological polar surface area (TPSA) is 60.8 Å². The molecule has 0 aromatic heterocycles. The molecule has 1 rings (SSSR count). The predicted molar refractivity (Wildman–Crippen MR) is 48.3 cm³/mol. The number of hydrogen-bond donors (Lipinski definition) is 2. The molecule has 0 radical (unpaired) electrons. The number of carboxylic acids is 1. The van der Waals surface area contributed by atoms with Gasteiger partial charge in [0.25, 0.3) is 0 Å². The Labute approximate surface area is 78.2 Å². The average Bonchev–Trinajstić information content (AvgIpc) is 2.45. The lowest BCUT2D eigenvalue weighted by Crippen LogP contribution is -2.50. The number of aliphatic carboxylic acids is 1. The molecule has 0 aromatic carbocycles. The van der Waals surface area contributed by atoms with Gasteiger partial charge in [-0.05, 0) is 12.8 Å². The Morgan fingerprint density at radius 1 is 1.62 bits per heavy atom. The Morgan fingerprint density at radius 2 is 2.31 bits per heavy atom. The van der Waals surface area contributed by atoms with Crippen molar-refractivity contribution in [2.45, 2.75) is 38.3 Å². The van der Waals surface area contributed by atoms with E-state index in [1.54, 1.807) is 4.90 Å². The predicted octanol–water partition coefficient (Wildman–Crippen LogP) is 0.656. The van der Waals surface area contributed by atoms with Crippen molar-refractivity contribution < 1.29 is 15.0 Å². The van der Waals surface area contributed by atoms with Gasteiger partial charge in [0.15, 0.2) is 0 Å². The summed E-state index contributed by atoms with van der Waals surface area (Å²) in [6, 6.07) is 0. The molecule has 1 heterocycles. The summed E-state index contributed by atoms with van der Waals surface area (Å²) in [7, 11) is 0. The number of carboxylic acid groups (broad SMARTS) is 1. The molecule has 1 unspecified atom stereocenters. The van der Waals surface area contributed by atoms with Crippen molar-refractivity contribution in [3.63, 3.8) is 0 Å². The van der Waals surface area contributed by atoms with E-state index in [1.807, 2.05) is 0 Å². The molecule has 0 aromatic rings. The van der Waals surface area contributed by atoms with Gasteiger partial charge in [0.05, 0.1) is 0 Å². The first-order valence-electron chi connectivity index (χ1n) is 4.82. The molecule has 2 N–H and O–H groups in total. The number of nitrogens with zero attached hydrogens (tertiary/aromatic N) is 1. The minimum atomic E-state index is -1.59. The molecule has 1 aliphatic heterocycles. The number of hydrogen-bond acceptors (Lipinski definition) is 3. The van der Waals surface area contributed by atoms with E-state index in [0.717, 1.165) is 19.3 Å². The molecule has 0 saturated carbocycles. The fourth-order valence-corrected chi connectivity index (χ4v) is 1.75. The maximum atomic E-state index is 10.8. The minimum absolute atomic E-state index is 0.353. The second-order valence-electron chi connectivity index (χ2n) is 3.57. The zero-order valence-electron chi connectivity index (χ0n) is 7.99. The maximum absolute atomic E-state index is 10.8. The Balaban J connectivity index is 2.57. The van der Waals surface area contributed by atoms with E-state index in [-0.39, 0.29) is 0 Å². The highest BCUT2D eigenvalue weighted by Crippen LogP contribution is 2.26. The van der Waals surface area contributed by atoms with Crippen LogP contribution in [0.3, 0.4) is 0 Å². The Hall–Kier alpha value is -0.610. The quantitative estimate of drug-likeness (QED) is 0.678. The molecule has 1 fully saturated rings. The summed E-state index contributed by atoms with van der Waals surface area (Å²) in [5, 5.41) is 18.6. The lowest BCUT2D eigenvalue weighted by Gasteiger charge is -2.29. The molecule has 0 bridgehead atoms. The molecule has 1 saturated heterocycles. The largest absolute Gasteiger partial charge is 0.478 e. The molecule has 1 atom stereocenters. The third-order valence-corrected chi connectivity index (χ3v) is 2.60. The summed E-state index contributed by atoms with van der Waals surface area (Å²) in [6.45, 7) is 3.43. The first kappa shape index (κ1) is 10.5. The van der Waals surface area contributed by atoms with Crippen molar-refractivity contribution in [1.82, 2.24) is 4.90 Å². The van der Waals surface area contributed by atoms with Crippen molar-refractivity contribution in [3.8, 4) is 0 Å². The maximum Gasteiger partial charge on any atom is 0.351 e. The van der Waals surface area contributed by atoms with E-state index < -0.39 is 11.7 Å². The summed E-state index contributed by atoms with van der Waals surface area (Å²) in [5.74, 6) is -1.11.